The molecule has 0 radical (unpaired) electrons. The molecule has 0 unspecified atom stereocenters. The summed E-state index contributed by atoms with van der Waals surface area (Å²) in [5.41, 5.74) is 8.71. The highest BCUT2D eigenvalue weighted by Crippen LogP contribution is 2.40. The van der Waals surface area contributed by atoms with Crippen LogP contribution in [0.15, 0.2) is 24.5 Å². The number of hydrogen-bond donors (Lipinski definition) is 2. The summed E-state index contributed by atoms with van der Waals surface area (Å²) in [6.45, 7) is 1.07. The summed E-state index contributed by atoms with van der Waals surface area (Å²) < 4.78 is 5.02. The first kappa shape index (κ1) is 19.3. The van der Waals surface area contributed by atoms with Gasteiger partial charge in [0.2, 0.25) is 5.91 Å². The number of nitrogens with two attached hydrogens (primary N) is 1. The van der Waals surface area contributed by atoms with Crippen LogP contribution in [0.2, 0.25) is 0 Å². The predicted molar refractivity (Wildman–Crippen MR) is 120 cm³/mol. The highest BCUT2D eigenvalue weighted by molar-refractivity contribution is 7.19. The third-order valence-corrected chi connectivity index (χ3v) is 7.39. The quantitative estimate of drug-likeness (QED) is 0.492. The fourth-order valence-electron chi connectivity index (χ4n) is 4.02. The number of likely N-dealkylation sites (N-methyl/N-ethyl adjacent to an activating group) is 1. The summed E-state index contributed by atoms with van der Waals surface area (Å²) in [4.78, 5) is 25.7. The minimum atomic E-state index is 0.00714. The minimum absolute atomic E-state index is 0.00714. The van der Waals surface area contributed by atoms with E-state index < -0.39 is 0 Å². The normalized spacial score (nSPS) is 16.0. The summed E-state index contributed by atoms with van der Waals surface area (Å²) >= 11 is 3.04. The Bertz CT molecular complexity index is 1230. The molecular weight excluding hydrogens is 418 g/mol. The van der Waals surface area contributed by atoms with Crippen molar-refractivity contribution in [2.75, 3.05) is 25.5 Å². The van der Waals surface area contributed by atoms with E-state index >= 15 is 0 Å². The summed E-state index contributed by atoms with van der Waals surface area (Å²) in [5, 5.41) is 8.61. The standard InChI is InChI=1S/C20H21N7OS2/c1-27(7-6-21)20(28)11-2-4-13-15(8-11)29-19-17(13)18(22-10-23-19)24-12-3-5-14-16(9-12)30-26-25-14/h3,5,9-11H,2,4,6-8,21H2,1H3,(H,22,23,24)/t11-/m0/s1. The number of benzene rings is 1. The molecule has 1 aliphatic carbocycles. The van der Waals surface area contributed by atoms with Gasteiger partial charge in [-0.3, -0.25) is 4.79 Å². The molecule has 3 aromatic heterocycles. The number of hydrogen-bond acceptors (Lipinski definition) is 9. The number of carbonyl (C=O) groups is 1. The van der Waals surface area contributed by atoms with Gasteiger partial charge in [0.25, 0.3) is 0 Å². The van der Waals surface area contributed by atoms with E-state index in [4.69, 9.17) is 5.73 Å². The predicted octanol–water partition coefficient (Wildman–Crippen LogP) is 2.96. The average Bonchev–Trinajstić information content (AvgIpc) is 3.37. The molecule has 0 bridgehead atoms. The van der Waals surface area contributed by atoms with Gasteiger partial charge < -0.3 is 16.0 Å². The summed E-state index contributed by atoms with van der Waals surface area (Å²) in [6.07, 6.45) is 4.03. The van der Waals surface area contributed by atoms with E-state index in [-0.39, 0.29) is 11.8 Å². The van der Waals surface area contributed by atoms with E-state index in [1.807, 2.05) is 25.2 Å². The van der Waals surface area contributed by atoms with Crippen LogP contribution in [0.1, 0.15) is 16.9 Å². The van der Waals surface area contributed by atoms with Gasteiger partial charge in [-0.15, -0.1) is 16.4 Å². The zero-order valence-electron chi connectivity index (χ0n) is 16.5. The lowest BCUT2D eigenvalue weighted by Crippen LogP contribution is -2.38. The van der Waals surface area contributed by atoms with Crippen LogP contribution in [0.3, 0.4) is 0 Å². The van der Waals surface area contributed by atoms with E-state index in [9.17, 15) is 4.79 Å². The molecule has 10 heteroatoms. The van der Waals surface area contributed by atoms with Crippen LogP contribution in [0.4, 0.5) is 11.5 Å². The molecule has 30 heavy (non-hydrogen) atoms. The molecule has 5 rings (SSSR count). The van der Waals surface area contributed by atoms with Gasteiger partial charge in [0.05, 0.1) is 10.1 Å². The van der Waals surface area contributed by atoms with Crippen molar-refractivity contribution in [2.45, 2.75) is 19.3 Å². The van der Waals surface area contributed by atoms with Crippen molar-refractivity contribution < 1.29 is 4.79 Å². The molecule has 1 amide bonds. The smallest absolute Gasteiger partial charge is 0.225 e. The second-order valence-corrected chi connectivity index (χ2v) is 9.34. The Balaban J connectivity index is 1.46. The molecule has 0 spiro atoms. The number of carbonyl (C=O) groups excluding carboxylic acids is 1. The second kappa shape index (κ2) is 7.86. The van der Waals surface area contributed by atoms with Crippen molar-refractivity contribution in [3.8, 4) is 0 Å². The molecule has 8 nitrogen and oxygen atoms in total. The van der Waals surface area contributed by atoms with Gasteiger partial charge in [0.1, 0.15) is 22.5 Å². The molecule has 4 aromatic rings. The summed E-state index contributed by atoms with van der Waals surface area (Å²) in [7, 11) is 1.83. The lowest BCUT2D eigenvalue weighted by molar-refractivity contribution is -0.134. The minimum Gasteiger partial charge on any atom is -0.344 e. The lowest BCUT2D eigenvalue weighted by atomic mass is 9.87. The van der Waals surface area contributed by atoms with E-state index in [0.29, 0.717) is 13.1 Å². The lowest BCUT2D eigenvalue weighted by Gasteiger charge is -2.26. The molecule has 0 aliphatic heterocycles. The Kier molecular flexibility index (Phi) is 5.05. The van der Waals surface area contributed by atoms with Gasteiger partial charge in [-0.25, -0.2) is 9.97 Å². The maximum absolute atomic E-state index is 12.7. The van der Waals surface area contributed by atoms with Gasteiger partial charge in [-0.05, 0) is 54.6 Å². The Morgan fingerprint density at radius 1 is 1.37 bits per heavy atom. The molecule has 3 heterocycles. The van der Waals surface area contributed by atoms with E-state index in [1.165, 1.54) is 22.0 Å². The number of fused-ring (bicyclic) bond motifs is 4. The van der Waals surface area contributed by atoms with Crippen molar-refractivity contribution >= 4 is 60.7 Å². The number of nitrogens with zero attached hydrogens (tertiary/aromatic N) is 5. The molecule has 0 fully saturated rings. The molecule has 1 aromatic carbocycles. The zero-order chi connectivity index (χ0) is 20.7. The van der Waals surface area contributed by atoms with Gasteiger partial charge >= 0.3 is 0 Å². The van der Waals surface area contributed by atoms with Crippen LogP contribution in [0, 0.1) is 5.92 Å². The number of aryl methyl sites for hydroxylation is 1. The van der Waals surface area contributed by atoms with Crippen molar-refractivity contribution in [1.29, 1.82) is 0 Å². The molecule has 154 valence electrons. The highest BCUT2D eigenvalue weighted by atomic mass is 32.1. The molecule has 0 saturated carbocycles. The second-order valence-electron chi connectivity index (χ2n) is 7.47. The molecule has 0 saturated heterocycles. The zero-order valence-corrected chi connectivity index (χ0v) is 18.1. The SMILES string of the molecule is CN(CCN)C(=O)[C@H]1CCc2c(sc3ncnc(Nc4ccc5nnsc5c4)c23)C1. The summed E-state index contributed by atoms with van der Waals surface area (Å²) in [6, 6.07) is 5.98. The number of amides is 1. The topological polar surface area (TPSA) is 110 Å². The van der Waals surface area contributed by atoms with Crippen molar-refractivity contribution in [1.82, 2.24) is 24.5 Å². The van der Waals surface area contributed by atoms with Crippen molar-refractivity contribution in [2.24, 2.45) is 11.7 Å². The Hall–Kier alpha value is -2.69. The van der Waals surface area contributed by atoms with Crippen LogP contribution in [-0.2, 0) is 17.6 Å². The largest absolute Gasteiger partial charge is 0.344 e. The van der Waals surface area contributed by atoms with E-state index in [0.717, 1.165) is 51.2 Å². The number of rotatable bonds is 5. The number of aromatic nitrogens is 4. The number of anilines is 2. The Labute approximate surface area is 181 Å². The van der Waals surface area contributed by atoms with Gasteiger partial charge in [0, 0.05) is 36.6 Å². The Morgan fingerprint density at radius 3 is 3.13 bits per heavy atom. The first-order chi connectivity index (χ1) is 14.6. The fourth-order valence-corrected chi connectivity index (χ4v) is 5.89. The Morgan fingerprint density at radius 2 is 2.27 bits per heavy atom. The van der Waals surface area contributed by atoms with Gasteiger partial charge in [0.15, 0.2) is 0 Å². The molecular formula is C20H21N7OS2. The van der Waals surface area contributed by atoms with Crippen LogP contribution in [0.25, 0.3) is 20.4 Å². The third kappa shape index (κ3) is 3.40. The summed E-state index contributed by atoms with van der Waals surface area (Å²) in [5.74, 6) is 0.992. The molecule has 1 aliphatic rings. The van der Waals surface area contributed by atoms with Crippen molar-refractivity contribution in [3.63, 3.8) is 0 Å². The van der Waals surface area contributed by atoms with Gasteiger partial charge in [-0.2, -0.15) is 0 Å². The first-order valence-corrected chi connectivity index (χ1v) is 11.4. The average molecular weight is 440 g/mol. The van der Waals surface area contributed by atoms with E-state index in [2.05, 4.69) is 24.9 Å². The number of nitrogens with one attached hydrogen (secondary N) is 1. The van der Waals surface area contributed by atoms with Gasteiger partial charge in [-0.1, -0.05) is 4.49 Å². The maximum atomic E-state index is 12.7. The van der Waals surface area contributed by atoms with Crippen molar-refractivity contribution in [3.05, 3.63) is 35.0 Å². The highest BCUT2D eigenvalue weighted by Gasteiger charge is 2.30. The first-order valence-electron chi connectivity index (χ1n) is 9.83. The van der Waals surface area contributed by atoms with Crippen LogP contribution < -0.4 is 11.1 Å². The monoisotopic (exact) mass is 439 g/mol. The van der Waals surface area contributed by atoms with E-state index in [1.54, 1.807) is 22.6 Å². The molecule has 3 N–H and O–H groups in total. The maximum Gasteiger partial charge on any atom is 0.225 e. The molecule has 1 atom stereocenters. The van der Waals surface area contributed by atoms with Crippen LogP contribution >= 0.6 is 22.9 Å². The third-order valence-electron chi connectivity index (χ3n) is 5.55. The number of thiophene rings is 1. The van der Waals surface area contributed by atoms with Crippen LogP contribution in [0.5, 0.6) is 0 Å². The fraction of sp³-hybridized carbons (Fsp3) is 0.350. The van der Waals surface area contributed by atoms with Crippen LogP contribution in [-0.4, -0.2) is 50.5 Å².